The highest BCUT2D eigenvalue weighted by molar-refractivity contribution is 5.67. The molecule has 2 rings (SSSR count). The van der Waals surface area contributed by atoms with Crippen molar-refractivity contribution in [3.05, 3.63) is 24.3 Å². The van der Waals surface area contributed by atoms with E-state index in [2.05, 4.69) is 40.9 Å². The number of anilines is 2. The Hall–Kier alpha value is -1.26. The lowest BCUT2D eigenvalue weighted by molar-refractivity contribution is 0.242. The van der Waals surface area contributed by atoms with Crippen LogP contribution in [0.5, 0.6) is 0 Å². The van der Waals surface area contributed by atoms with Crippen LogP contribution >= 0.6 is 0 Å². The molecule has 0 aromatic heterocycles. The summed E-state index contributed by atoms with van der Waals surface area (Å²) in [6, 6.07) is 8.17. The molecule has 4 nitrogen and oxygen atoms in total. The zero-order valence-electron chi connectivity index (χ0n) is 12.2. The standard InChI is InChI=1S/C15H26N4/c1-17(2)8-5-9-18-10-12-19(13-11-18)15-7-4-3-6-14(15)16/h3-4,6-7H,5,8-13,16H2,1-2H3. The molecule has 1 fully saturated rings. The van der Waals surface area contributed by atoms with Crippen LogP contribution in [0, 0.1) is 0 Å². The second-order valence-electron chi connectivity index (χ2n) is 5.54. The summed E-state index contributed by atoms with van der Waals surface area (Å²) in [5.74, 6) is 0. The highest BCUT2D eigenvalue weighted by Gasteiger charge is 2.17. The third kappa shape index (κ3) is 4.11. The Morgan fingerprint density at radius 1 is 1.11 bits per heavy atom. The minimum absolute atomic E-state index is 0.892. The van der Waals surface area contributed by atoms with Crippen LogP contribution in [0.2, 0.25) is 0 Å². The molecule has 0 amide bonds. The summed E-state index contributed by atoms with van der Waals surface area (Å²) in [6.07, 6.45) is 1.25. The summed E-state index contributed by atoms with van der Waals surface area (Å²) in [6.45, 7) is 6.82. The molecule has 1 aliphatic heterocycles. The third-order valence-electron chi connectivity index (χ3n) is 3.73. The molecule has 106 valence electrons. The lowest BCUT2D eigenvalue weighted by Gasteiger charge is -2.36. The number of nitrogen functional groups attached to an aromatic ring is 1. The molecule has 0 spiro atoms. The van der Waals surface area contributed by atoms with Crippen molar-refractivity contribution in [3.8, 4) is 0 Å². The fraction of sp³-hybridized carbons (Fsp3) is 0.600. The molecule has 2 N–H and O–H groups in total. The number of hydrogen-bond acceptors (Lipinski definition) is 4. The predicted molar refractivity (Wildman–Crippen MR) is 82.7 cm³/mol. The third-order valence-corrected chi connectivity index (χ3v) is 3.73. The fourth-order valence-electron chi connectivity index (χ4n) is 2.60. The lowest BCUT2D eigenvalue weighted by Crippen LogP contribution is -2.47. The van der Waals surface area contributed by atoms with Crippen molar-refractivity contribution >= 4 is 11.4 Å². The molecular weight excluding hydrogens is 236 g/mol. The van der Waals surface area contributed by atoms with Crippen LogP contribution < -0.4 is 10.6 Å². The van der Waals surface area contributed by atoms with Gasteiger partial charge in [0.25, 0.3) is 0 Å². The Morgan fingerprint density at radius 3 is 2.42 bits per heavy atom. The minimum Gasteiger partial charge on any atom is -0.397 e. The molecule has 1 aromatic carbocycles. The number of piperazine rings is 1. The van der Waals surface area contributed by atoms with Gasteiger partial charge in [-0.25, -0.2) is 0 Å². The van der Waals surface area contributed by atoms with Gasteiger partial charge in [0, 0.05) is 26.2 Å². The number of benzene rings is 1. The molecule has 1 saturated heterocycles. The Balaban J connectivity index is 1.78. The van der Waals surface area contributed by atoms with Gasteiger partial charge in [0.1, 0.15) is 0 Å². The summed E-state index contributed by atoms with van der Waals surface area (Å²) in [4.78, 5) is 7.21. The first-order valence-electron chi connectivity index (χ1n) is 7.13. The highest BCUT2D eigenvalue weighted by atomic mass is 15.3. The van der Waals surface area contributed by atoms with E-state index in [9.17, 15) is 0 Å². The van der Waals surface area contributed by atoms with Gasteiger partial charge in [0.15, 0.2) is 0 Å². The van der Waals surface area contributed by atoms with Crippen molar-refractivity contribution in [3.63, 3.8) is 0 Å². The van der Waals surface area contributed by atoms with E-state index in [1.54, 1.807) is 0 Å². The number of para-hydroxylation sites is 2. The molecule has 0 aliphatic carbocycles. The maximum Gasteiger partial charge on any atom is 0.0600 e. The van der Waals surface area contributed by atoms with Crippen LogP contribution in [-0.2, 0) is 0 Å². The number of nitrogens with two attached hydrogens (primary N) is 1. The van der Waals surface area contributed by atoms with Gasteiger partial charge >= 0.3 is 0 Å². The van der Waals surface area contributed by atoms with Crippen molar-refractivity contribution in [1.82, 2.24) is 9.80 Å². The maximum atomic E-state index is 6.04. The second kappa shape index (κ2) is 6.78. The van der Waals surface area contributed by atoms with Gasteiger partial charge in [-0.05, 0) is 45.7 Å². The van der Waals surface area contributed by atoms with Crippen LogP contribution in [0.4, 0.5) is 11.4 Å². The summed E-state index contributed by atoms with van der Waals surface area (Å²) >= 11 is 0. The number of rotatable bonds is 5. The first kappa shape index (κ1) is 14.2. The van der Waals surface area contributed by atoms with E-state index in [-0.39, 0.29) is 0 Å². The lowest BCUT2D eigenvalue weighted by atomic mass is 10.2. The summed E-state index contributed by atoms with van der Waals surface area (Å²) in [5.41, 5.74) is 8.12. The number of nitrogens with zero attached hydrogens (tertiary/aromatic N) is 3. The van der Waals surface area contributed by atoms with E-state index >= 15 is 0 Å². The fourth-order valence-corrected chi connectivity index (χ4v) is 2.60. The normalized spacial score (nSPS) is 17.1. The van der Waals surface area contributed by atoms with Crippen molar-refractivity contribution in [1.29, 1.82) is 0 Å². The number of hydrogen-bond donors (Lipinski definition) is 1. The van der Waals surface area contributed by atoms with Gasteiger partial charge in [0.05, 0.1) is 11.4 Å². The second-order valence-corrected chi connectivity index (χ2v) is 5.54. The van der Waals surface area contributed by atoms with Crippen molar-refractivity contribution in [2.75, 3.05) is 64.0 Å². The van der Waals surface area contributed by atoms with E-state index in [1.807, 2.05) is 12.1 Å². The van der Waals surface area contributed by atoms with E-state index in [0.29, 0.717) is 0 Å². The molecule has 0 unspecified atom stereocenters. The van der Waals surface area contributed by atoms with Gasteiger partial charge in [-0.15, -0.1) is 0 Å². The van der Waals surface area contributed by atoms with Gasteiger partial charge in [0.2, 0.25) is 0 Å². The van der Waals surface area contributed by atoms with E-state index < -0.39 is 0 Å². The zero-order chi connectivity index (χ0) is 13.7. The first-order valence-corrected chi connectivity index (χ1v) is 7.13. The molecule has 0 atom stereocenters. The predicted octanol–water partition coefficient (Wildman–Crippen LogP) is 1.34. The molecule has 0 saturated carbocycles. The van der Waals surface area contributed by atoms with E-state index in [4.69, 9.17) is 5.73 Å². The molecule has 1 aromatic rings. The molecule has 0 radical (unpaired) electrons. The average molecular weight is 262 g/mol. The van der Waals surface area contributed by atoms with E-state index in [0.717, 1.165) is 31.9 Å². The van der Waals surface area contributed by atoms with Crippen LogP contribution in [-0.4, -0.2) is 63.2 Å². The summed E-state index contributed by atoms with van der Waals surface area (Å²) in [5, 5.41) is 0. The van der Waals surface area contributed by atoms with Crippen molar-refractivity contribution < 1.29 is 0 Å². The van der Waals surface area contributed by atoms with Crippen molar-refractivity contribution in [2.45, 2.75) is 6.42 Å². The Morgan fingerprint density at radius 2 is 1.79 bits per heavy atom. The van der Waals surface area contributed by atoms with Crippen LogP contribution in [0.3, 0.4) is 0 Å². The summed E-state index contributed by atoms with van der Waals surface area (Å²) < 4.78 is 0. The minimum atomic E-state index is 0.892. The Bertz CT molecular complexity index is 383. The average Bonchev–Trinajstić information content (AvgIpc) is 2.40. The Labute approximate surface area is 116 Å². The Kier molecular flexibility index (Phi) is 5.05. The van der Waals surface area contributed by atoms with Crippen LogP contribution in [0.1, 0.15) is 6.42 Å². The first-order chi connectivity index (χ1) is 9.16. The molecule has 1 aliphatic rings. The summed E-state index contributed by atoms with van der Waals surface area (Å²) in [7, 11) is 4.27. The molecule has 4 heteroatoms. The smallest absolute Gasteiger partial charge is 0.0600 e. The maximum absolute atomic E-state index is 6.04. The quantitative estimate of drug-likeness (QED) is 0.813. The topological polar surface area (TPSA) is 35.7 Å². The van der Waals surface area contributed by atoms with Crippen LogP contribution in [0.25, 0.3) is 0 Å². The zero-order valence-corrected chi connectivity index (χ0v) is 12.2. The highest BCUT2D eigenvalue weighted by Crippen LogP contribution is 2.23. The molecule has 0 bridgehead atoms. The molecular formula is C15H26N4. The molecule has 19 heavy (non-hydrogen) atoms. The van der Waals surface area contributed by atoms with Gasteiger partial charge < -0.3 is 15.5 Å². The SMILES string of the molecule is CN(C)CCCN1CCN(c2ccccc2N)CC1. The van der Waals surface area contributed by atoms with Gasteiger partial charge in [-0.1, -0.05) is 12.1 Å². The van der Waals surface area contributed by atoms with Crippen LogP contribution in [0.15, 0.2) is 24.3 Å². The van der Waals surface area contributed by atoms with Gasteiger partial charge in [-0.3, -0.25) is 4.90 Å². The molecule has 1 heterocycles. The largest absolute Gasteiger partial charge is 0.397 e. The van der Waals surface area contributed by atoms with Gasteiger partial charge in [-0.2, -0.15) is 0 Å². The van der Waals surface area contributed by atoms with E-state index in [1.165, 1.54) is 25.2 Å². The monoisotopic (exact) mass is 262 g/mol. The van der Waals surface area contributed by atoms with Crippen molar-refractivity contribution in [2.24, 2.45) is 0 Å².